The number of hydrogen-bond donors (Lipinski definition) is 2. The minimum atomic E-state index is 0. The number of aryl methyl sites for hydroxylation is 3. The highest BCUT2D eigenvalue weighted by molar-refractivity contribution is 14.0. The molecule has 0 amide bonds. The first kappa shape index (κ1) is 22.4. The standard InChI is InChI=1S/C17H30N8.HI/c1-6-16-22-21-12-24(16)8-7-19-17(18-5)20-10-13(2)11-25-15(4)9-14(3)23-25;/h9,12-13H,6-8,10-11H2,1-5H3,(H2,18,19,20);1H. The van der Waals surface area contributed by atoms with Crippen molar-refractivity contribution in [2.45, 2.75) is 47.2 Å². The Morgan fingerprint density at radius 1 is 1.31 bits per heavy atom. The van der Waals surface area contributed by atoms with Crippen LogP contribution in [0.3, 0.4) is 0 Å². The Bertz CT molecular complexity index is 691. The molecule has 0 aliphatic heterocycles. The first-order valence-electron chi connectivity index (χ1n) is 8.85. The summed E-state index contributed by atoms with van der Waals surface area (Å²) in [4.78, 5) is 4.28. The van der Waals surface area contributed by atoms with Crippen molar-refractivity contribution >= 4 is 29.9 Å². The van der Waals surface area contributed by atoms with E-state index in [1.165, 1.54) is 5.69 Å². The molecule has 2 heterocycles. The zero-order valence-corrected chi connectivity index (χ0v) is 18.7. The Morgan fingerprint density at radius 3 is 2.69 bits per heavy atom. The maximum absolute atomic E-state index is 4.52. The predicted octanol–water partition coefficient (Wildman–Crippen LogP) is 1.77. The normalized spacial score (nSPS) is 12.6. The van der Waals surface area contributed by atoms with Crippen LogP contribution in [0.1, 0.15) is 31.1 Å². The summed E-state index contributed by atoms with van der Waals surface area (Å²) in [6.07, 6.45) is 2.66. The highest BCUT2D eigenvalue weighted by Gasteiger charge is 2.08. The van der Waals surface area contributed by atoms with Gasteiger partial charge in [0, 0.05) is 45.3 Å². The zero-order chi connectivity index (χ0) is 18.2. The summed E-state index contributed by atoms with van der Waals surface area (Å²) in [5, 5.41) is 19.3. The van der Waals surface area contributed by atoms with Crippen molar-refractivity contribution in [1.82, 2.24) is 35.2 Å². The molecule has 0 fully saturated rings. The van der Waals surface area contributed by atoms with Crippen LogP contribution in [-0.2, 0) is 19.5 Å². The maximum atomic E-state index is 4.52. The second-order valence-electron chi connectivity index (χ2n) is 6.39. The largest absolute Gasteiger partial charge is 0.356 e. The van der Waals surface area contributed by atoms with Gasteiger partial charge in [0.2, 0.25) is 0 Å². The average Bonchev–Trinajstić information content (AvgIpc) is 3.16. The molecule has 9 heteroatoms. The van der Waals surface area contributed by atoms with E-state index in [-0.39, 0.29) is 24.0 Å². The summed E-state index contributed by atoms with van der Waals surface area (Å²) >= 11 is 0. The summed E-state index contributed by atoms with van der Waals surface area (Å²) in [6, 6.07) is 2.11. The number of rotatable bonds is 8. The van der Waals surface area contributed by atoms with Crippen LogP contribution in [0, 0.1) is 19.8 Å². The lowest BCUT2D eigenvalue weighted by atomic mass is 10.2. The quantitative estimate of drug-likeness (QED) is 0.346. The van der Waals surface area contributed by atoms with E-state index < -0.39 is 0 Å². The van der Waals surface area contributed by atoms with Gasteiger partial charge >= 0.3 is 0 Å². The molecule has 2 N–H and O–H groups in total. The van der Waals surface area contributed by atoms with Crippen molar-refractivity contribution < 1.29 is 0 Å². The van der Waals surface area contributed by atoms with Gasteiger partial charge in [-0.3, -0.25) is 9.67 Å². The number of nitrogens with zero attached hydrogens (tertiary/aromatic N) is 6. The van der Waals surface area contributed by atoms with Gasteiger partial charge in [0.25, 0.3) is 0 Å². The molecule has 2 aromatic rings. The van der Waals surface area contributed by atoms with Crippen LogP contribution < -0.4 is 10.6 Å². The molecule has 146 valence electrons. The molecule has 0 spiro atoms. The van der Waals surface area contributed by atoms with Crippen molar-refractivity contribution in [2.24, 2.45) is 10.9 Å². The average molecular weight is 474 g/mol. The minimum Gasteiger partial charge on any atom is -0.356 e. The number of halogens is 1. The van der Waals surface area contributed by atoms with Crippen LogP contribution in [0.25, 0.3) is 0 Å². The zero-order valence-electron chi connectivity index (χ0n) is 16.4. The van der Waals surface area contributed by atoms with Gasteiger partial charge in [0.05, 0.1) is 5.69 Å². The van der Waals surface area contributed by atoms with Crippen molar-refractivity contribution in [3.05, 3.63) is 29.6 Å². The van der Waals surface area contributed by atoms with E-state index in [0.717, 1.165) is 50.1 Å². The van der Waals surface area contributed by atoms with Crippen LogP contribution in [0.4, 0.5) is 0 Å². The molecular weight excluding hydrogens is 443 g/mol. The first-order chi connectivity index (χ1) is 12.0. The second kappa shape index (κ2) is 11.1. The number of guanidine groups is 1. The third-order valence-electron chi connectivity index (χ3n) is 4.09. The molecule has 2 aromatic heterocycles. The summed E-state index contributed by atoms with van der Waals surface area (Å²) < 4.78 is 4.13. The fourth-order valence-corrected chi connectivity index (χ4v) is 2.75. The fourth-order valence-electron chi connectivity index (χ4n) is 2.75. The van der Waals surface area contributed by atoms with Crippen LogP contribution >= 0.6 is 24.0 Å². The van der Waals surface area contributed by atoms with Gasteiger partial charge in [0.1, 0.15) is 12.2 Å². The summed E-state index contributed by atoms with van der Waals surface area (Å²) in [7, 11) is 1.79. The molecular formula is C17H31IN8. The second-order valence-corrected chi connectivity index (χ2v) is 6.39. The SMILES string of the molecule is CCc1nncn1CCNC(=NC)NCC(C)Cn1nc(C)cc1C.I. The Kier molecular flexibility index (Phi) is 9.60. The fraction of sp³-hybridized carbons (Fsp3) is 0.647. The van der Waals surface area contributed by atoms with Gasteiger partial charge in [0.15, 0.2) is 5.96 Å². The number of aromatic nitrogens is 5. The van der Waals surface area contributed by atoms with Gasteiger partial charge in [-0.25, -0.2) is 0 Å². The third kappa shape index (κ3) is 6.58. The molecule has 1 atom stereocenters. The van der Waals surface area contributed by atoms with Gasteiger partial charge in [-0.2, -0.15) is 5.10 Å². The van der Waals surface area contributed by atoms with Crippen molar-refractivity contribution in [3.8, 4) is 0 Å². The van der Waals surface area contributed by atoms with E-state index >= 15 is 0 Å². The smallest absolute Gasteiger partial charge is 0.191 e. The first-order valence-corrected chi connectivity index (χ1v) is 8.85. The summed E-state index contributed by atoms with van der Waals surface area (Å²) in [5.41, 5.74) is 2.27. The molecule has 2 rings (SSSR count). The predicted molar refractivity (Wildman–Crippen MR) is 115 cm³/mol. The van der Waals surface area contributed by atoms with Gasteiger partial charge in [-0.1, -0.05) is 13.8 Å². The van der Waals surface area contributed by atoms with E-state index in [4.69, 9.17) is 0 Å². The van der Waals surface area contributed by atoms with Crippen molar-refractivity contribution in [1.29, 1.82) is 0 Å². The van der Waals surface area contributed by atoms with Gasteiger partial charge in [-0.05, 0) is 25.8 Å². The summed E-state index contributed by atoms with van der Waals surface area (Å²) in [6.45, 7) is 11.7. The molecule has 0 aromatic carbocycles. The molecule has 0 aliphatic carbocycles. The van der Waals surface area contributed by atoms with Crippen LogP contribution in [0.5, 0.6) is 0 Å². The Morgan fingerprint density at radius 2 is 2.08 bits per heavy atom. The van der Waals surface area contributed by atoms with Crippen LogP contribution in [-0.4, -0.2) is 50.6 Å². The maximum Gasteiger partial charge on any atom is 0.191 e. The molecule has 0 aliphatic rings. The van der Waals surface area contributed by atoms with E-state index in [9.17, 15) is 0 Å². The molecule has 1 unspecified atom stereocenters. The third-order valence-corrected chi connectivity index (χ3v) is 4.09. The Hall–Kier alpha value is -1.65. The highest BCUT2D eigenvalue weighted by Crippen LogP contribution is 2.05. The molecule has 26 heavy (non-hydrogen) atoms. The van der Waals surface area contributed by atoms with Crippen LogP contribution in [0.2, 0.25) is 0 Å². The van der Waals surface area contributed by atoms with E-state index in [2.05, 4.69) is 67.0 Å². The lowest BCUT2D eigenvalue weighted by Gasteiger charge is -2.17. The van der Waals surface area contributed by atoms with Gasteiger partial charge < -0.3 is 15.2 Å². The lowest BCUT2D eigenvalue weighted by molar-refractivity contribution is 0.435. The van der Waals surface area contributed by atoms with Crippen LogP contribution in [0.15, 0.2) is 17.4 Å². The van der Waals surface area contributed by atoms with E-state index in [1.807, 2.05) is 6.92 Å². The van der Waals surface area contributed by atoms with Gasteiger partial charge in [-0.15, -0.1) is 34.2 Å². The number of aliphatic imine (C=N–C) groups is 1. The molecule has 0 saturated heterocycles. The molecule has 8 nitrogen and oxygen atoms in total. The Balaban J connectivity index is 0.00000338. The number of nitrogens with one attached hydrogen (secondary N) is 2. The molecule has 0 saturated carbocycles. The summed E-state index contributed by atoms with van der Waals surface area (Å²) in [5.74, 6) is 2.26. The van der Waals surface area contributed by atoms with E-state index in [1.54, 1.807) is 13.4 Å². The molecule has 0 bridgehead atoms. The lowest BCUT2D eigenvalue weighted by Crippen LogP contribution is -2.41. The number of hydrogen-bond acceptors (Lipinski definition) is 4. The molecule has 0 radical (unpaired) electrons. The minimum absolute atomic E-state index is 0. The van der Waals surface area contributed by atoms with E-state index in [0.29, 0.717) is 5.92 Å². The van der Waals surface area contributed by atoms with Crippen molar-refractivity contribution in [2.75, 3.05) is 20.1 Å². The highest BCUT2D eigenvalue weighted by atomic mass is 127. The van der Waals surface area contributed by atoms with Crippen molar-refractivity contribution in [3.63, 3.8) is 0 Å². The Labute approximate surface area is 172 Å². The monoisotopic (exact) mass is 474 g/mol. The topological polar surface area (TPSA) is 85.0 Å².